The number of benzene rings is 2. The molecule has 0 aliphatic carbocycles. The number of phenols is 1. The SMILES string of the molecule is C[C@@H](N=Cc1ccc(O)cc1)[C@@H]1COc2ccccc2O1. The summed E-state index contributed by atoms with van der Waals surface area (Å²) in [5.41, 5.74) is 0.941. The molecule has 4 heteroatoms. The standard InChI is InChI=1S/C17H17NO3/c1-12(18-10-13-6-8-14(19)9-7-13)17-11-20-15-4-2-3-5-16(15)21-17/h2-10,12,17,19H,11H2,1H3/t12-,17+/m1/s1. The fourth-order valence-electron chi connectivity index (χ4n) is 2.13. The molecule has 0 bridgehead atoms. The third kappa shape index (κ3) is 3.16. The quantitative estimate of drug-likeness (QED) is 0.881. The van der Waals surface area contributed by atoms with Gasteiger partial charge in [0.05, 0.1) is 6.04 Å². The van der Waals surface area contributed by atoms with E-state index in [1.165, 1.54) is 0 Å². The van der Waals surface area contributed by atoms with E-state index in [0.29, 0.717) is 6.61 Å². The molecule has 21 heavy (non-hydrogen) atoms. The van der Waals surface area contributed by atoms with Gasteiger partial charge in [0.2, 0.25) is 0 Å². The van der Waals surface area contributed by atoms with Crippen LogP contribution in [-0.2, 0) is 0 Å². The highest BCUT2D eigenvalue weighted by molar-refractivity contribution is 5.79. The first-order valence-corrected chi connectivity index (χ1v) is 6.93. The number of aromatic hydroxyl groups is 1. The molecule has 0 spiro atoms. The predicted octanol–water partition coefficient (Wildman–Crippen LogP) is 3.04. The number of phenolic OH excluding ortho intramolecular Hbond substituents is 1. The maximum absolute atomic E-state index is 9.25. The first kappa shape index (κ1) is 13.5. The summed E-state index contributed by atoms with van der Waals surface area (Å²) in [6.07, 6.45) is 1.68. The van der Waals surface area contributed by atoms with Crippen LogP contribution in [0.3, 0.4) is 0 Å². The molecule has 0 amide bonds. The summed E-state index contributed by atoms with van der Waals surface area (Å²) in [5.74, 6) is 1.80. The maximum atomic E-state index is 9.25. The van der Waals surface area contributed by atoms with Gasteiger partial charge in [-0.05, 0) is 48.9 Å². The molecule has 2 atom stereocenters. The number of ether oxygens (including phenoxy) is 2. The lowest BCUT2D eigenvalue weighted by atomic mass is 10.1. The zero-order valence-corrected chi connectivity index (χ0v) is 11.8. The Morgan fingerprint density at radius 3 is 2.62 bits per heavy atom. The van der Waals surface area contributed by atoms with Crippen LogP contribution in [0, 0.1) is 0 Å². The van der Waals surface area contributed by atoms with E-state index in [1.54, 1.807) is 18.3 Å². The van der Waals surface area contributed by atoms with Gasteiger partial charge in [-0.15, -0.1) is 0 Å². The zero-order valence-electron chi connectivity index (χ0n) is 11.8. The molecule has 4 nitrogen and oxygen atoms in total. The van der Waals surface area contributed by atoms with Crippen molar-refractivity contribution in [1.29, 1.82) is 0 Å². The second kappa shape index (κ2) is 5.87. The highest BCUT2D eigenvalue weighted by atomic mass is 16.6. The maximum Gasteiger partial charge on any atom is 0.161 e. The Morgan fingerprint density at radius 2 is 1.86 bits per heavy atom. The van der Waals surface area contributed by atoms with Gasteiger partial charge in [-0.1, -0.05) is 12.1 Å². The van der Waals surface area contributed by atoms with Crippen LogP contribution in [0.4, 0.5) is 0 Å². The van der Waals surface area contributed by atoms with E-state index in [4.69, 9.17) is 9.47 Å². The van der Waals surface area contributed by atoms with E-state index < -0.39 is 0 Å². The van der Waals surface area contributed by atoms with Crippen molar-refractivity contribution in [1.82, 2.24) is 0 Å². The molecular weight excluding hydrogens is 266 g/mol. The molecule has 1 aliphatic heterocycles. The summed E-state index contributed by atoms with van der Waals surface area (Å²) in [6.45, 7) is 2.49. The van der Waals surface area contributed by atoms with Crippen LogP contribution in [0.25, 0.3) is 0 Å². The fourth-order valence-corrected chi connectivity index (χ4v) is 2.13. The first-order valence-electron chi connectivity index (χ1n) is 6.93. The van der Waals surface area contributed by atoms with Crippen LogP contribution in [0.5, 0.6) is 17.2 Å². The molecule has 1 heterocycles. The van der Waals surface area contributed by atoms with Crippen molar-refractivity contribution in [2.45, 2.75) is 19.1 Å². The van der Waals surface area contributed by atoms with E-state index >= 15 is 0 Å². The van der Waals surface area contributed by atoms with Gasteiger partial charge in [0.15, 0.2) is 17.6 Å². The number of hydrogen-bond donors (Lipinski definition) is 1. The van der Waals surface area contributed by atoms with Gasteiger partial charge >= 0.3 is 0 Å². The Morgan fingerprint density at radius 1 is 1.14 bits per heavy atom. The molecular formula is C17H17NO3. The lowest BCUT2D eigenvalue weighted by Crippen LogP contribution is -2.37. The monoisotopic (exact) mass is 283 g/mol. The number of aliphatic imine (C=N–C) groups is 1. The molecule has 0 unspecified atom stereocenters. The summed E-state index contributed by atoms with van der Waals surface area (Å²) in [6, 6.07) is 14.5. The van der Waals surface area contributed by atoms with Gasteiger partial charge in [0.25, 0.3) is 0 Å². The molecule has 0 aromatic heterocycles. The highest BCUT2D eigenvalue weighted by Gasteiger charge is 2.25. The smallest absolute Gasteiger partial charge is 0.161 e. The molecule has 0 saturated carbocycles. The van der Waals surface area contributed by atoms with Crippen molar-refractivity contribution < 1.29 is 14.6 Å². The minimum Gasteiger partial charge on any atom is -0.508 e. The minimum absolute atomic E-state index is 0.0211. The van der Waals surface area contributed by atoms with Crippen molar-refractivity contribution in [3.05, 3.63) is 54.1 Å². The topological polar surface area (TPSA) is 51.1 Å². The second-order valence-corrected chi connectivity index (χ2v) is 5.02. The van der Waals surface area contributed by atoms with E-state index in [0.717, 1.165) is 17.1 Å². The molecule has 108 valence electrons. The van der Waals surface area contributed by atoms with Crippen molar-refractivity contribution in [2.24, 2.45) is 4.99 Å². The minimum atomic E-state index is -0.103. The molecule has 2 aromatic rings. The predicted molar refractivity (Wildman–Crippen MR) is 81.5 cm³/mol. The molecule has 0 saturated heterocycles. The normalized spacial score (nSPS) is 18.6. The average molecular weight is 283 g/mol. The van der Waals surface area contributed by atoms with Crippen LogP contribution >= 0.6 is 0 Å². The second-order valence-electron chi connectivity index (χ2n) is 5.02. The summed E-state index contributed by atoms with van der Waals surface area (Å²) < 4.78 is 11.6. The van der Waals surface area contributed by atoms with Gasteiger partial charge in [-0.2, -0.15) is 0 Å². The van der Waals surface area contributed by atoms with E-state index in [1.807, 2.05) is 43.3 Å². The molecule has 3 rings (SSSR count). The van der Waals surface area contributed by atoms with Crippen molar-refractivity contribution in [3.63, 3.8) is 0 Å². The van der Waals surface area contributed by atoms with Gasteiger partial charge in [-0.3, -0.25) is 4.99 Å². The summed E-state index contributed by atoms with van der Waals surface area (Å²) in [5, 5.41) is 9.25. The third-order valence-electron chi connectivity index (χ3n) is 3.42. The van der Waals surface area contributed by atoms with E-state index in [2.05, 4.69) is 4.99 Å². The van der Waals surface area contributed by atoms with E-state index in [9.17, 15) is 5.11 Å². The molecule has 2 aromatic carbocycles. The highest BCUT2D eigenvalue weighted by Crippen LogP contribution is 2.31. The van der Waals surface area contributed by atoms with Gasteiger partial charge in [0, 0.05) is 6.21 Å². The van der Waals surface area contributed by atoms with Crippen LogP contribution in [0.15, 0.2) is 53.5 Å². The summed E-state index contributed by atoms with van der Waals surface area (Å²) in [7, 11) is 0. The largest absolute Gasteiger partial charge is 0.508 e. The Labute approximate surface area is 123 Å². The molecule has 1 N–H and O–H groups in total. The van der Waals surface area contributed by atoms with Crippen LogP contribution in [0.2, 0.25) is 0 Å². The van der Waals surface area contributed by atoms with Crippen LogP contribution in [0.1, 0.15) is 12.5 Å². The van der Waals surface area contributed by atoms with Crippen LogP contribution < -0.4 is 9.47 Å². The zero-order chi connectivity index (χ0) is 14.7. The van der Waals surface area contributed by atoms with Gasteiger partial charge in [0.1, 0.15) is 12.4 Å². The Kier molecular flexibility index (Phi) is 3.77. The number of fused-ring (bicyclic) bond motifs is 1. The van der Waals surface area contributed by atoms with Gasteiger partial charge in [-0.25, -0.2) is 0 Å². The number of rotatable bonds is 3. The van der Waals surface area contributed by atoms with Crippen LogP contribution in [-0.4, -0.2) is 30.1 Å². The van der Waals surface area contributed by atoms with Crippen molar-refractivity contribution in [3.8, 4) is 17.2 Å². The van der Waals surface area contributed by atoms with E-state index in [-0.39, 0.29) is 17.9 Å². The summed E-state index contributed by atoms with van der Waals surface area (Å²) in [4.78, 5) is 4.51. The fraction of sp³-hybridized carbons (Fsp3) is 0.235. The summed E-state index contributed by atoms with van der Waals surface area (Å²) >= 11 is 0. The Bertz CT molecular complexity index is 637. The van der Waals surface area contributed by atoms with Crippen molar-refractivity contribution in [2.75, 3.05) is 6.61 Å². The van der Waals surface area contributed by atoms with Gasteiger partial charge < -0.3 is 14.6 Å². The lowest BCUT2D eigenvalue weighted by Gasteiger charge is -2.28. The Hall–Kier alpha value is -2.49. The Balaban J connectivity index is 1.66. The molecule has 1 aliphatic rings. The third-order valence-corrected chi connectivity index (χ3v) is 3.42. The lowest BCUT2D eigenvalue weighted by molar-refractivity contribution is 0.0771. The number of hydrogen-bond acceptors (Lipinski definition) is 4. The number of nitrogens with zero attached hydrogens (tertiary/aromatic N) is 1. The average Bonchev–Trinajstić information content (AvgIpc) is 2.53. The molecule has 0 radical (unpaired) electrons. The number of para-hydroxylation sites is 2. The van der Waals surface area contributed by atoms with Crippen molar-refractivity contribution >= 4 is 6.21 Å². The molecule has 0 fully saturated rings. The first-order chi connectivity index (χ1) is 10.2.